The molecule has 0 aliphatic rings. The molecule has 3 nitrogen and oxygen atoms in total. The molecule has 0 bridgehead atoms. The summed E-state index contributed by atoms with van der Waals surface area (Å²) >= 11 is 3.57. The van der Waals surface area contributed by atoms with Gasteiger partial charge in [0.1, 0.15) is 5.69 Å². The molecule has 0 spiro atoms. The normalized spacial score (nSPS) is 10.9. The van der Waals surface area contributed by atoms with Gasteiger partial charge in [0, 0.05) is 24.5 Å². The van der Waals surface area contributed by atoms with Crippen molar-refractivity contribution in [3.63, 3.8) is 0 Å². The summed E-state index contributed by atoms with van der Waals surface area (Å²) in [5, 5.41) is 4.08. The number of para-hydroxylation sites is 1. The Hall–Kier alpha value is -2.07. The van der Waals surface area contributed by atoms with E-state index in [4.69, 9.17) is 0 Å². The molecule has 0 unspecified atom stereocenters. The van der Waals surface area contributed by atoms with Gasteiger partial charge in [0.2, 0.25) is 0 Å². The summed E-state index contributed by atoms with van der Waals surface area (Å²) in [5.41, 5.74) is 4.23. The van der Waals surface area contributed by atoms with Crippen LogP contribution in [0.1, 0.15) is 21.6 Å². The van der Waals surface area contributed by atoms with Crippen molar-refractivity contribution < 1.29 is 4.79 Å². The molecule has 0 fully saturated rings. The number of aromatic nitrogens is 1. The van der Waals surface area contributed by atoms with Crippen LogP contribution in [0.15, 0.2) is 53.0 Å². The number of aryl methyl sites for hydroxylation is 2. The third-order valence-electron chi connectivity index (χ3n) is 4.20. The summed E-state index contributed by atoms with van der Waals surface area (Å²) in [6.45, 7) is 2.72. The van der Waals surface area contributed by atoms with Crippen LogP contribution in [0.2, 0.25) is 0 Å². The Morgan fingerprint density at radius 3 is 2.57 bits per heavy atom. The lowest BCUT2D eigenvalue weighted by Gasteiger charge is -2.09. The van der Waals surface area contributed by atoms with Crippen LogP contribution in [-0.4, -0.2) is 17.0 Å². The standard InChI is InChI=1S/C19H19BrN2O/c1-13-7-3-4-8-14(13)11-12-21-19(23)18-17(20)15-9-5-6-10-16(15)22(18)2/h3-10H,11-12H2,1-2H3,(H,21,23). The number of hydrogen-bond donors (Lipinski definition) is 1. The van der Waals surface area contributed by atoms with Crippen LogP contribution in [-0.2, 0) is 13.5 Å². The number of hydrogen-bond acceptors (Lipinski definition) is 1. The molecule has 1 heterocycles. The van der Waals surface area contributed by atoms with Gasteiger partial charge in [-0.25, -0.2) is 0 Å². The number of fused-ring (bicyclic) bond motifs is 1. The Kier molecular flexibility index (Phi) is 4.53. The molecule has 2 aromatic carbocycles. The zero-order chi connectivity index (χ0) is 16.4. The molecule has 3 aromatic rings. The van der Waals surface area contributed by atoms with E-state index < -0.39 is 0 Å². The Balaban J connectivity index is 1.75. The first-order chi connectivity index (χ1) is 11.1. The third-order valence-corrected chi connectivity index (χ3v) is 5.00. The predicted octanol–water partition coefficient (Wildman–Crippen LogP) is 4.22. The van der Waals surface area contributed by atoms with E-state index in [1.54, 1.807) is 0 Å². The van der Waals surface area contributed by atoms with Crippen LogP contribution >= 0.6 is 15.9 Å². The quantitative estimate of drug-likeness (QED) is 0.732. The van der Waals surface area contributed by atoms with Crippen LogP contribution in [0.25, 0.3) is 10.9 Å². The summed E-state index contributed by atoms with van der Waals surface area (Å²) in [7, 11) is 1.92. The van der Waals surface area contributed by atoms with Crippen LogP contribution in [0.4, 0.5) is 0 Å². The molecule has 1 N–H and O–H groups in total. The molecule has 0 atom stereocenters. The average Bonchev–Trinajstić information content (AvgIpc) is 2.81. The molecular formula is C19H19BrN2O. The summed E-state index contributed by atoms with van der Waals surface area (Å²) in [5.74, 6) is -0.0517. The van der Waals surface area contributed by atoms with Gasteiger partial charge in [0.25, 0.3) is 5.91 Å². The molecule has 1 aromatic heterocycles. The first-order valence-electron chi connectivity index (χ1n) is 7.65. The number of halogens is 1. The zero-order valence-electron chi connectivity index (χ0n) is 13.3. The highest BCUT2D eigenvalue weighted by Gasteiger charge is 2.18. The molecule has 23 heavy (non-hydrogen) atoms. The summed E-state index contributed by atoms with van der Waals surface area (Å²) < 4.78 is 2.78. The van der Waals surface area contributed by atoms with E-state index in [9.17, 15) is 4.79 Å². The molecule has 0 aliphatic carbocycles. The Bertz CT molecular complexity index is 828. The van der Waals surface area contributed by atoms with Crippen molar-refractivity contribution in [1.82, 2.24) is 9.88 Å². The van der Waals surface area contributed by atoms with Crippen LogP contribution < -0.4 is 5.32 Å². The van der Waals surface area contributed by atoms with Crippen molar-refractivity contribution >= 4 is 32.7 Å². The lowest BCUT2D eigenvalue weighted by atomic mass is 10.1. The highest BCUT2D eigenvalue weighted by Crippen LogP contribution is 2.30. The highest BCUT2D eigenvalue weighted by molar-refractivity contribution is 9.10. The maximum Gasteiger partial charge on any atom is 0.269 e. The van der Waals surface area contributed by atoms with E-state index in [0.29, 0.717) is 12.2 Å². The minimum absolute atomic E-state index is 0.0517. The fraction of sp³-hybridized carbons (Fsp3) is 0.211. The average molecular weight is 371 g/mol. The maximum atomic E-state index is 12.6. The minimum atomic E-state index is -0.0517. The molecule has 0 radical (unpaired) electrons. The first kappa shape index (κ1) is 15.8. The molecule has 0 aliphatic heterocycles. The molecule has 0 saturated heterocycles. The number of rotatable bonds is 4. The lowest BCUT2D eigenvalue weighted by molar-refractivity contribution is 0.0945. The molecular weight excluding hydrogens is 352 g/mol. The minimum Gasteiger partial charge on any atom is -0.350 e. The van der Waals surface area contributed by atoms with Crippen LogP contribution in [0.5, 0.6) is 0 Å². The Morgan fingerprint density at radius 1 is 1.13 bits per heavy atom. The molecule has 4 heteroatoms. The Morgan fingerprint density at radius 2 is 1.83 bits per heavy atom. The third kappa shape index (κ3) is 3.04. The summed E-state index contributed by atoms with van der Waals surface area (Å²) in [6.07, 6.45) is 0.833. The van der Waals surface area contributed by atoms with Gasteiger partial charge < -0.3 is 9.88 Å². The van der Waals surface area contributed by atoms with Gasteiger partial charge in [-0.3, -0.25) is 4.79 Å². The van der Waals surface area contributed by atoms with Crippen LogP contribution in [0, 0.1) is 6.92 Å². The fourth-order valence-corrected chi connectivity index (χ4v) is 3.67. The second-order valence-corrected chi connectivity index (χ2v) is 6.46. The van der Waals surface area contributed by atoms with Crippen molar-refractivity contribution in [2.75, 3.05) is 6.54 Å². The summed E-state index contributed by atoms with van der Waals surface area (Å²) in [4.78, 5) is 12.6. The van der Waals surface area contributed by atoms with Gasteiger partial charge in [-0.05, 0) is 46.5 Å². The van der Waals surface area contributed by atoms with E-state index in [1.165, 1.54) is 11.1 Å². The van der Waals surface area contributed by atoms with Gasteiger partial charge >= 0.3 is 0 Å². The van der Waals surface area contributed by atoms with Crippen molar-refractivity contribution in [2.24, 2.45) is 7.05 Å². The number of amides is 1. The van der Waals surface area contributed by atoms with Crippen molar-refractivity contribution in [2.45, 2.75) is 13.3 Å². The lowest BCUT2D eigenvalue weighted by Crippen LogP contribution is -2.27. The predicted molar refractivity (Wildman–Crippen MR) is 97.8 cm³/mol. The number of benzene rings is 2. The van der Waals surface area contributed by atoms with E-state index in [0.717, 1.165) is 21.8 Å². The number of carbonyl (C=O) groups is 1. The zero-order valence-corrected chi connectivity index (χ0v) is 14.9. The van der Waals surface area contributed by atoms with Gasteiger partial charge in [-0.15, -0.1) is 0 Å². The van der Waals surface area contributed by atoms with Crippen molar-refractivity contribution in [3.8, 4) is 0 Å². The summed E-state index contributed by atoms with van der Waals surface area (Å²) in [6, 6.07) is 16.3. The second kappa shape index (κ2) is 6.59. The van der Waals surface area contributed by atoms with E-state index in [1.807, 2.05) is 48.0 Å². The SMILES string of the molecule is Cc1ccccc1CCNC(=O)c1c(Br)c2ccccc2n1C. The van der Waals surface area contributed by atoms with Gasteiger partial charge in [-0.2, -0.15) is 0 Å². The van der Waals surface area contributed by atoms with Crippen LogP contribution in [0.3, 0.4) is 0 Å². The van der Waals surface area contributed by atoms with Gasteiger partial charge in [0.15, 0.2) is 0 Å². The fourth-order valence-electron chi connectivity index (χ4n) is 2.88. The largest absolute Gasteiger partial charge is 0.350 e. The van der Waals surface area contributed by atoms with Crippen molar-refractivity contribution in [1.29, 1.82) is 0 Å². The van der Waals surface area contributed by atoms with E-state index >= 15 is 0 Å². The smallest absolute Gasteiger partial charge is 0.269 e. The number of carbonyl (C=O) groups excluding carboxylic acids is 1. The number of nitrogens with zero attached hydrogens (tertiary/aromatic N) is 1. The second-order valence-electron chi connectivity index (χ2n) is 5.67. The topological polar surface area (TPSA) is 34.0 Å². The van der Waals surface area contributed by atoms with E-state index in [-0.39, 0.29) is 5.91 Å². The molecule has 3 rings (SSSR count). The number of nitrogens with one attached hydrogen (secondary N) is 1. The monoisotopic (exact) mass is 370 g/mol. The molecule has 1 amide bonds. The van der Waals surface area contributed by atoms with Crippen molar-refractivity contribution in [3.05, 3.63) is 69.8 Å². The van der Waals surface area contributed by atoms with Gasteiger partial charge in [0.05, 0.1) is 4.47 Å². The molecule has 118 valence electrons. The first-order valence-corrected chi connectivity index (χ1v) is 8.44. The Labute approximate surface area is 144 Å². The van der Waals surface area contributed by atoms with E-state index in [2.05, 4.69) is 40.3 Å². The highest BCUT2D eigenvalue weighted by atomic mass is 79.9. The molecule has 0 saturated carbocycles. The maximum absolute atomic E-state index is 12.6. The van der Waals surface area contributed by atoms with Gasteiger partial charge in [-0.1, -0.05) is 42.5 Å².